The summed E-state index contributed by atoms with van der Waals surface area (Å²) in [4.78, 5) is 14.7. The van der Waals surface area contributed by atoms with Crippen LogP contribution in [-0.2, 0) is 16.4 Å². The van der Waals surface area contributed by atoms with Crippen LogP contribution in [0.2, 0.25) is 10.0 Å². The predicted molar refractivity (Wildman–Crippen MR) is 116 cm³/mol. The van der Waals surface area contributed by atoms with Gasteiger partial charge in [0, 0.05) is 22.9 Å². The summed E-state index contributed by atoms with van der Waals surface area (Å²) in [6.45, 7) is 0.522. The van der Waals surface area contributed by atoms with E-state index in [1.165, 1.54) is 18.2 Å². The standard InChI is InChI=1S/C21H16Cl2N2O3S/c22-15-5-7-16(8-6-15)24-29(27,28)17-9-10-19(23)18(13-17)21(26)25-12-11-14-3-1-2-4-20(14)25/h1-10,13,24H,11-12H2. The van der Waals surface area contributed by atoms with Crippen LogP contribution in [0.5, 0.6) is 0 Å². The number of para-hydroxylation sites is 1. The quantitative estimate of drug-likeness (QED) is 0.613. The Labute approximate surface area is 178 Å². The first-order valence-electron chi connectivity index (χ1n) is 8.83. The number of sulfonamides is 1. The number of fused-ring (bicyclic) bond motifs is 1. The van der Waals surface area contributed by atoms with E-state index in [1.807, 2.05) is 24.3 Å². The van der Waals surface area contributed by atoms with Crippen LogP contribution in [0.3, 0.4) is 0 Å². The van der Waals surface area contributed by atoms with Crippen LogP contribution in [0.15, 0.2) is 71.6 Å². The maximum Gasteiger partial charge on any atom is 0.261 e. The van der Waals surface area contributed by atoms with Gasteiger partial charge in [0.15, 0.2) is 0 Å². The monoisotopic (exact) mass is 446 g/mol. The summed E-state index contributed by atoms with van der Waals surface area (Å²) < 4.78 is 28.0. The van der Waals surface area contributed by atoms with Crippen molar-refractivity contribution in [2.24, 2.45) is 0 Å². The molecule has 0 saturated heterocycles. The summed E-state index contributed by atoms with van der Waals surface area (Å²) in [5.41, 5.74) is 2.40. The van der Waals surface area contributed by atoms with Crippen molar-refractivity contribution < 1.29 is 13.2 Å². The molecule has 3 aromatic rings. The third kappa shape index (κ3) is 3.96. The van der Waals surface area contributed by atoms with Crippen molar-refractivity contribution in [2.45, 2.75) is 11.3 Å². The van der Waals surface area contributed by atoms with E-state index in [0.29, 0.717) is 17.3 Å². The number of rotatable bonds is 4. The summed E-state index contributed by atoms with van der Waals surface area (Å²) >= 11 is 12.1. The zero-order valence-corrected chi connectivity index (χ0v) is 17.4. The Morgan fingerprint density at radius 1 is 0.966 bits per heavy atom. The van der Waals surface area contributed by atoms with E-state index in [1.54, 1.807) is 29.2 Å². The van der Waals surface area contributed by atoms with Gasteiger partial charge in [-0.05, 0) is 60.5 Å². The number of hydrogen-bond acceptors (Lipinski definition) is 3. The van der Waals surface area contributed by atoms with E-state index in [9.17, 15) is 13.2 Å². The summed E-state index contributed by atoms with van der Waals surface area (Å²) in [5, 5.41) is 0.697. The van der Waals surface area contributed by atoms with E-state index in [4.69, 9.17) is 23.2 Å². The number of nitrogens with one attached hydrogen (secondary N) is 1. The lowest BCUT2D eigenvalue weighted by Crippen LogP contribution is -2.29. The molecule has 1 amide bonds. The highest BCUT2D eigenvalue weighted by Crippen LogP contribution is 2.31. The van der Waals surface area contributed by atoms with Crippen molar-refractivity contribution in [3.63, 3.8) is 0 Å². The molecule has 0 saturated carbocycles. The number of amides is 1. The summed E-state index contributed by atoms with van der Waals surface area (Å²) in [7, 11) is -3.91. The first-order chi connectivity index (χ1) is 13.8. The van der Waals surface area contributed by atoms with Crippen LogP contribution in [0.25, 0.3) is 0 Å². The molecule has 0 atom stereocenters. The molecular weight excluding hydrogens is 431 g/mol. The fourth-order valence-corrected chi connectivity index (χ4v) is 4.67. The lowest BCUT2D eigenvalue weighted by molar-refractivity contribution is 0.0989. The van der Waals surface area contributed by atoms with Crippen molar-refractivity contribution in [1.29, 1.82) is 0 Å². The molecule has 1 aliphatic rings. The average molecular weight is 447 g/mol. The smallest absolute Gasteiger partial charge is 0.261 e. The molecule has 3 aromatic carbocycles. The second kappa shape index (κ2) is 7.71. The molecule has 0 aromatic heterocycles. The van der Waals surface area contributed by atoms with Crippen molar-refractivity contribution in [3.8, 4) is 0 Å². The van der Waals surface area contributed by atoms with Gasteiger partial charge < -0.3 is 4.90 Å². The molecule has 0 fully saturated rings. The Hall–Kier alpha value is -2.54. The number of carbonyl (C=O) groups excluding carboxylic acids is 1. The molecule has 0 aliphatic carbocycles. The molecule has 0 radical (unpaired) electrons. The number of anilines is 2. The zero-order chi connectivity index (χ0) is 20.6. The van der Waals surface area contributed by atoms with Crippen molar-refractivity contribution in [3.05, 3.63) is 87.9 Å². The van der Waals surface area contributed by atoms with Crippen LogP contribution >= 0.6 is 23.2 Å². The van der Waals surface area contributed by atoms with Crippen LogP contribution < -0.4 is 9.62 Å². The fraction of sp³-hybridized carbons (Fsp3) is 0.0952. The normalized spacial score (nSPS) is 13.2. The van der Waals surface area contributed by atoms with Crippen LogP contribution in [0.1, 0.15) is 15.9 Å². The zero-order valence-electron chi connectivity index (χ0n) is 15.1. The lowest BCUT2D eigenvalue weighted by atomic mass is 10.1. The molecule has 29 heavy (non-hydrogen) atoms. The van der Waals surface area contributed by atoms with Gasteiger partial charge in [-0.25, -0.2) is 8.42 Å². The van der Waals surface area contributed by atoms with E-state index in [0.717, 1.165) is 17.7 Å². The van der Waals surface area contributed by atoms with E-state index in [-0.39, 0.29) is 21.4 Å². The number of carbonyl (C=O) groups is 1. The summed E-state index contributed by atoms with van der Waals surface area (Å²) in [5.74, 6) is -0.330. The van der Waals surface area contributed by atoms with Gasteiger partial charge in [-0.2, -0.15) is 0 Å². The highest BCUT2D eigenvalue weighted by Gasteiger charge is 2.28. The minimum Gasteiger partial charge on any atom is -0.308 e. The molecule has 1 aliphatic heterocycles. The molecule has 8 heteroatoms. The van der Waals surface area contributed by atoms with Gasteiger partial charge in [0.05, 0.1) is 15.5 Å². The van der Waals surface area contributed by atoms with Crippen molar-refractivity contribution >= 4 is 50.5 Å². The number of nitrogens with zero attached hydrogens (tertiary/aromatic N) is 1. The van der Waals surface area contributed by atoms with Gasteiger partial charge in [-0.3, -0.25) is 9.52 Å². The molecule has 0 spiro atoms. The second-order valence-corrected chi connectivity index (χ2v) is 9.12. The highest BCUT2D eigenvalue weighted by atomic mass is 35.5. The summed E-state index contributed by atoms with van der Waals surface area (Å²) in [6, 6.07) is 18.0. The largest absolute Gasteiger partial charge is 0.308 e. The Kier molecular flexibility index (Phi) is 5.25. The molecule has 0 bridgehead atoms. The summed E-state index contributed by atoms with van der Waals surface area (Å²) in [6.07, 6.45) is 0.746. The van der Waals surface area contributed by atoms with Crippen LogP contribution in [0, 0.1) is 0 Å². The lowest BCUT2D eigenvalue weighted by Gasteiger charge is -2.18. The predicted octanol–water partition coefficient (Wildman–Crippen LogP) is 5.00. The molecule has 5 nitrogen and oxygen atoms in total. The Morgan fingerprint density at radius 3 is 2.45 bits per heavy atom. The van der Waals surface area contributed by atoms with E-state index in [2.05, 4.69) is 4.72 Å². The maximum atomic E-state index is 13.1. The molecule has 1 N–H and O–H groups in total. The SMILES string of the molecule is O=C(c1cc(S(=O)(=O)Nc2ccc(Cl)cc2)ccc1Cl)N1CCc2ccccc21. The molecule has 1 heterocycles. The van der Waals surface area contributed by atoms with Gasteiger partial charge in [-0.15, -0.1) is 0 Å². The minimum absolute atomic E-state index is 0.0484. The highest BCUT2D eigenvalue weighted by molar-refractivity contribution is 7.92. The fourth-order valence-electron chi connectivity index (χ4n) is 3.26. The number of hydrogen-bond donors (Lipinski definition) is 1. The minimum atomic E-state index is -3.91. The van der Waals surface area contributed by atoms with Crippen molar-refractivity contribution in [1.82, 2.24) is 0 Å². The van der Waals surface area contributed by atoms with Crippen LogP contribution in [-0.4, -0.2) is 20.9 Å². The number of benzene rings is 3. The third-order valence-corrected chi connectivity index (χ3v) is 6.67. The van der Waals surface area contributed by atoms with Crippen LogP contribution in [0.4, 0.5) is 11.4 Å². The number of halogens is 2. The third-order valence-electron chi connectivity index (χ3n) is 4.71. The molecule has 4 rings (SSSR count). The van der Waals surface area contributed by atoms with E-state index < -0.39 is 10.0 Å². The molecule has 0 unspecified atom stereocenters. The van der Waals surface area contributed by atoms with Gasteiger partial charge in [-0.1, -0.05) is 41.4 Å². The topological polar surface area (TPSA) is 66.5 Å². The Morgan fingerprint density at radius 2 is 1.69 bits per heavy atom. The average Bonchev–Trinajstić information content (AvgIpc) is 3.13. The second-order valence-electron chi connectivity index (χ2n) is 6.59. The Bertz CT molecular complexity index is 1190. The van der Waals surface area contributed by atoms with Gasteiger partial charge in [0.25, 0.3) is 15.9 Å². The first-order valence-corrected chi connectivity index (χ1v) is 11.1. The van der Waals surface area contributed by atoms with Crippen molar-refractivity contribution in [2.75, 3.05) is 16.2 Å². The van der Waals surface area contributed by atoms with Gasteiger partial charge in [0.2, 0.25) is 0 Å². The Balaban J connectivity index is 1.66. The first kappa shape index (κ1) is 19.8. The molecular formula is C21H16Cl2N2O3S. The maximum absolute atomic E-state index is 13.1. The van der Waals surface area contributed by atoms with E-state index >= 15 is 0 Å². The molecule has 148 valence electrons. The van der Waals surface area contributed by atoms with Gasteiger partial charge >= 0.3 is 0 Å². The van der Waals surface area contributed by atoms with Gasteiger partial charge in [0.1, 0.15) is 0 Å².